The quantitative estimate of drug-likeness (QED) is 0.321. The fraction of sp³-hybridized carbons (Fsp3) is 1.00. The van der Waals surface area contributed by atoms with Gasteiger partial charge in [-0.2, -0.15) is 0 Å². The molecule has 0 spiro atoms. The summed E-state index contributed by atoms with van der Waals surface area (Å²) in [6.45, 7) is 39.3. The summed E-state index contributed by atoms with van der Waals surface area (Å²) in [6.07, 6.45) is 17.2. The normalized spacial score (nSPS) is 23.8. The van der Waals surface area contributed by atoms with Crippen LogP contribution in [0.5, 0.6) is 0 Å². The maximum Gasteiger partial charge on any atom is 0.0110 e. The molecule has 6 fully saturated rings. The predicted octanol–water partition coefficient (Wildman–Crippen LogP) is 6.54. The minimum Gasteiger partial charge on any atom is -0.304 e. The first-order chi connectivity index (χ1) is 22.5. The highest BCUT2D eigenvalue weighted by Crippen LogP contribution is 2.09. The van der Waals surface area contributed by atoms with Gasteiger partial charge in [-0.1, -0.05) is 60.8 Å². The van der Waals surface area contributed by atoms with Gasteiger partial charge < -0.3 is 34.3 Å². The minimum atomic E-state index is 1.22. The van der Waals surface area contributed by atoms with Crippen molar-refractivity contribution >= 4 is 0 Å². The number of piperidine rings is 3. The van der Waals surface area contributed by atoms with E-state index in [0.29, 0.717) is 0 Å². The number of likely N-dealkylation sites (N-methyl/N-ethyl adjacent to an activating group) is 2. The molecule has 6 saturated heterocycles. The highest BCUT2D eigenvalue weighted by Gasteiger charge is 2.11. The van der Waals surface area contributed by atoms with Gasteiger partial charge >= 0.3 is 0 Å². The molecule has 7 heteroatoms. The molecule has 0 radical (unpaired) electrons. The molecule has 7 nitrogen and oxygen atoms in total. The molecule has 0 aromatic heterocycles. The Bertz CT molecular complexity index is 554. The van der Waals surface area contributed by atoms with Crippen LogP contribution in [0.25, 0.3) is 0 Å². The van der Waals surface area contributed by atoms with E-state index in [0.717, 1.165) is 0 Å². The maximum atomic E-state index is 2.52. The third-order valence-corrected chi connectivity index (χ3v) is 10.8. The molecule has 46 heavy (non-hydrogen) atoms. The molecule has 0 saturated carbocycles. The maximum absolute atomic E-state index is 2.52. The number of hydrogen-bond donors (Lipinski definition) is 0. The van der Waals surface area contributed by atoms with Gasteiger partial charge in [-0.15, -0.1) is 0 Å². The summed E-state index contributed by atoms with van der Waals surface area (Å²) >= 11 is 0. The predicted molar refractivity (Wildman–Crippen MR) is 206 cm³/mol. The van der Waals surface area contributed by atoms with Gasteiger partial charge in [0, 0.05) is 26.2 Å². The molecule has 6 heterocycles. The van der Waals surface area contributed by atoms with Gasteiger partial charge in [0.2, 0.25) is 0 Å². The van der Waals surface area contributed by atoms with E-state index in [2.05, 4.69) is 82.9 Å². The molecule has 0 atom stereocenters. The largest absolute Gasteiger partial charge is 0.304 e. The van der Waals surface area contributed by atoms with Crippen molar-refractivity contribution in [2.75, 3.05) is 138 Å². The van der Waals surface area contributed by atoms with Crippen molar-refractivity contribution in [2.24, 2.45) is 0 Å². The Balaban J connectivity index is 0.000000277. The van der Waals surface area contributed by atoms with Crippen LogP contribution in [0, 0.1) is 0 Å². The summed E-state index contributed by atoms with van der Waals surface area (Å²) in [6, 6.07) is 0. The van der Waals surface area contributed by atoms with E-state index in [1.54, 1.807) is 0 Å². The lowest BCUT2D eigenvalue weighted by atomic mass is 10.1. The first-order valence-electron chi connectivity index (χ1n) is 20.5. The van der Waals surface area contributed by atoms with Crippen molar-refractivity contribution < 1.29 is 0 Å². The van der Waals surface area contributed by atoms with Crippen LogP contribution < -0.4 is 0 Å². The molecule has 0 aromatic carbocycles. The number of nitrogens with zero attached hydrogens (tertiary/aromatic N) is 7. The molecular weight excluding hydrogens is 566 g/mol. The molecule has 0 unspecified atom stereocenters. The Labute approximate surface area is 290 Å². The van der Waals surface area contributed by atoms with Crippen LogP contribution in [0.4, 0.5) is 0 Å². The van der Waals surface area contributed by atoms with Crippen molar-refractivity contribution in [1.82, 2.24) is 34.3 Å². The summed E-state index contributed by atoms with van der Waals surface area (Å²) in [5.74, 6) is 0. The van der Waals surface area contributed by atoms with Crippen LogP contribution in [0.2, 0.25) is 0 Å². The van der Waals surface area contributed by atoms with Crippen molar-refractivity contribution in [1.29, 1.82) is 0 Å². The SMILES string of the molecule is CCN1CCC1.CCN1CCCC1.CCN1CCCCC1.CCN1CCCCC1.CCN1CCCCC1.CCN1CCN(C)CC1. The molecule has 6 rings (SSSR count). The zero-order valence-corrected chi connectivity index (χ0v) is 32.8. The van der Waals surface area contributed by atoms with Gasteiger partial charge in [-0.25, -0.2) is 0 Å². The van der Waals surface area contributed by atoms with E-state index in [1.807, 2.05) is 0 Å². The lowest BCUT2D eigenvalue weighted by Gasteiger charge is -2.31. The first-order valence-corrected chi connectivity index (χ1v) is 20.5. The van der Waals surface area contributed by atoms with E-state index in [-0.39, 0.29) is 0 Å². The molecule has 0 N–H and O–H groups in total. The van der Waals surface area contributed by atoms with E-state index in [1.165, 1.54) is 208 Å². The summed E-state index contributed by atoms with van der Waals surface area (Å²) in [4.78, 5) is 17.3. The Hall–Kier alpha value is -0.280. The summed E-state index contributed by atoms with van der Waals surface area (Å²) in [7, 11) is 2.19. The van der Waals surface area contributed by atoms with Crippen molar-refractivity contribution in [3.8, 4) is 0 Å². The van der Waals surface area contributed by atoms with Crippen LogP contribution in [-0.4, -0.2) is 172 Å². The highest BCUT2D eigenvalue weighted by molar-refractivity contribution is 4.68. The summed E-state index contributed by atoms with van der Waals surface area (Å²) < 4.78 is 0. The smallest absolute Gasteiger partial charge is 0.0110 e. The van der Waals surface area contributed by atoms with E-state index >= 15 is 0 Å². The number of rotatable bonds is 6. The Morgan fingerprint density at radius 2 is 0.435 bits per heavy atom. The topological polar surface area (TPSA) is 22.7 Å². The molecule has 0 amide bonds. The van der Waals surface area contributed by atoms with Crippen LogP contribution in [0.3, 0.4) is 0 Å². The van der Waals surface area contributed by atoms with Gasteiger partial charge in [0.05, 0.1) is 0 Å². The van der Waals surface area contributed by atoms with Gasteiger partial charge in [0.1, 0.15) is 0 Å². The molecule has 6 aliphatic heterocycles. The first kappa shape index (κ1) is 43.7. The van der Waals surface area contributed by atoms with E-state index in [9.17, 15) is 0 Å². The van der Waals surface area contributed by atoms with Crippen LogP contribution in [-0.2, 0) is 0 Å². The fourth-order valence-electron chi connectivity index (χ4n) is 6.79. The highest BCUT2D eigenvalue weighted by atomic mass is 15.2. The van der Waals surface area contributed by atoms with Gasteiger partial charge in [-0.3, -0.25) is 0 Å². The van der Waals surface area contributed by atoms with Crippen LogP contribution in [0.1, 0.15) is 119 Å². The summed E-state index contributed by atoms with van der Waals surface area (Å²) in [5, 5.41) is 0. The van der Waals surface area contributed by atoms with Crippen molar-refractivity contribution in [3.05, 3.63) is 0 Å². The molecule has 276 valence electrons. The van der Waals surface area contributed by atoms with Crippen molar-refractivity contribution in [2.45, 2.75) is 119 Å². The molecule has 0 aromatic rings. The molecule has 0 bridgehead atoms. The molecular formula is C39H85N7. The monoisotopic (exact) mass is 652 g/mol. The number of piperazine rings is 1. The Kier molecular flexibility index (Phi) is 29.2. The standard InChI is InChI=1S/C7H16N2.3C7H15N.C6H13N.C5H11N/c1-3-9-6-4-8(2)5-7-9;3*1-2-8-6-4-3-5-7-8;1-2-7-5-3-4-6-7;1-2-6-4-3-5-6/h3-7H2,1-2H3;3*2-7H2,1H3;2-6H2,1H3;2-5H2,1H3. The zero-order chi connectivity index (χ0) is 33.7. The third kappa shape index (κ3) is 23.1. The summed E-state index contributed by atoms with van der Waals surface area (Å²) in [5.41, 5.74) is 0. The average Bonchev–Trinajstić information content (AvgIpc) is 3.65. The minimum absolute atomic E-state index is 1.22. The average molecular weight is 652 g/mol. The lowest BCUT2D eigenvalue weighted by molar-refractivity contribution is 0.160. The Morgan fingerprint density at radius 3 is 0.609 bits per heavy atom. The second-order valence-electron chi connectivity index (χ2n) is 14.2. The van der Waals surface area contributed by atoms with Crippen LogP contribution >= 0.6 is 0 Å². The fourth-order valence-corrected chi connectivity index (χ4v) is 6.79. The Morgan fingerprint density at radius 1 is 0.239 bits per heavy atom. The van der Waals surface area contributed by atoms with Crippen LogP contribution in [0.15, 0.2) is 0 Å². The van der Waals surface area contributed by atoms with E-state index in [4.69, 9.17) is 0 Å². The molecule has 0 aliphatic carbocycles. The van der Waals surface area contributed by atoms with Gasteiger partial charge in [0.15, 0.2) is 0 Å². The van der Waals surface area contributed by atoms with E-state index < -0.39 is 0 Å². The van der Waals surface area contributed by atoms with Gasteiger partial charge in [0.25, 0.3) is 0 Å². The van der Waals surface area contributed by atoms with Gasteiger partial charge in [-0.05, 0) is 170 Å². The van der Waals surface area contributed by atoms with Crippen molar-refractivity contribution in [3.63, 3.8) is 0 Å². The second-order valence-corrected chi connectivity index (χ2v) is 14.2. The number of hydrogen-bond acceptors (Lipinski definition) is 7. The number of likely N-dealkylation sites (tertiary alicyclic amines) is 5. The molecule has 6 aliphatic rings. The second kappa shape index (κ2) is 30.8. The third-order valence-electron chi connectivity index (χ3n) is 10.8. The zero-order valence-electron chi connectivity index (χ0n) is 32.8. The lowest BCUT2D eigenvalue weighted by Crippen LogP contribution is -2.44.